The fourth-order valence-corrected chi connectivity index (χ4v) is 2.45. The first-order chi connectivity index (χ1) is 9.80. The fraction of sp³-hybridized carbons (Fsp3) is 0.412. The first kappa shape index (κ1) is 15.0. The number of hydrogen-bond acceptors (Lipinski definition) is 2. The van der Waals surface area contributed by atoms with E-state index in [-0.39, 0.29) is 0 Å². The highest BCUT2D eigenvalue weighted by Gasteiger charge is 2.08. The van der Waals surface area contributed by atoms with E-state index < -0.39 is 0 Å². The molecule has 0 aliphatic carbocycles. The van der Waals surface area contributed by atoms with Gasteiger partial charge in [0.05, 0.1) is 13.2 Å². The number of alkyl halides is 1. The highest BCUT2D eigenvalue weighted by Crippen LogP contribution is 2.31. The lowest BCUT2D eigenvalue weighted by Crippen LogP contribution is -2.01. The van der Waals surface area contributed by atoms with E-state index in [0.29, 0.717) is 19.1 Å². The average molecular weight is 293 g/mol. The Hall–Kier alpha value is -1.41. The molecular weight excluding hydrogens is 272 g/mol. The third-order valence-corrected chi connectivity index (χ3v) is 3.53. The van der Waals surface area contributed by atoms with Crippen molar-refractivity contribution in [3.8, 4) is 11.5 Å². The predicted octanol–water partition coefficient (Wildman–Crippen LogP) is 4.81. The Bertz CT molecular complexity index is 566. The quantitative estimate of drug-likeness (QED) is 0.538. The van der Waals surface area contributed by atoms with Gasteiger partial charge in [0.25, 0.3) is 0 Å². The normalized spacial score (nSPS) is 10.8. The first-order valence-electron chi connectivity index (χ1n) is 7.17. The fourth-order valence-electron chi connectivity index (χ4n) is 2.35. The van der Waals surface area contributed by atoms with Crippen LogP contribution in [0.1, 0.15) is 25.8 Å². The van der Waals surface area contributed by atoms with Gasteiger partial charge in [-0.2, -0.15) is 0 Å². The summed E-state index contributed by atoms with van der Waals surface area (Å²) in [5.41, 5.74) is 1.25. The summed E-state index contributed by atoms with van der Waals surface area (Å²) in [6, 6.07) is 10.4. The average Bonchev–Trinajstić information content (AvgIpc) is 2.47. The molecule has 0 atom stereocenters. The van der Waals surface area contributed by atoms with Crippen molar-refractivity contribution in [2.45, 2.75) is 26.7 Å². The Balaban J connectivity index is 2.35. The molecule has 3 heteroatoms. The van der Waals surface area contributed by atoms with E-state index in [1.165, 1.54) is 16.3 Å². The van der Waals surface area contributed by atoms with E-state index in [0.717, 1.165) is 24.3 Å². The second-order valence-corrected chi connectivity index (χ2v) is 4.98. The van der Waals surface area contributed by atoms with Crippen molar-refractivity contribution in [2.75, 3.05) is 19.1 Å². The lowest BCUT2D eigenvalue weighted by molar-refractivity contribution is 0.316. The molecule has 0 fully saturated rings. The zero-order chi connectivity index (χ0) is 14.4. The molecule has 2 aromatic rings. The van der Waals surface area contributed by atoms with Crippen LogP contribution >= 0.6 is 11.6 Å². The second kappa shape index (κ2) is 7.39. The van der Waals surface area contributed by atoms with Crippen LogP contribution in [-0.2, 0) is 6.42 Å². The van der Waals surface area contributed by atoms with Crippen LogP contribution in [0, 0.1) is 0 Å². The molecule has 0 saturated heterocycles. The number of aryl methyl sites for hydroxylation is 1. The van der Waals surface area contributed by atoms with Gasteiger partial charge in [0.15, 0.2) is 0 Å². The molecule has 0 aliphatic rings. The van der Waals surface area contributed by atoms with Crippen molar-refractivity contribution in [1.82, 2.24) is 0 Å². The lowest BCUT2D eigenvalue weighted by atomic mass is 10.0. The minimum Gasteiger partial charge on any atom is -0.494 e. The molecule has 0 spiro atoms. The molecule has 0 aromatic heterocycles. The van der Waals surface area contributed by atoms with E-state index in [2.05, 4.69) is 25.1 Å². The number of fused-ring (bicyclic) bond motifs is 1. The van der Waals surface area contributed by atoms with Crippen molar-refractivity contribution in [1.29, 1.82) is 0 Å². The molecule has 0 aliphatic heterocycles. The predicted molar refractivity (Wildman–Crippen MR) is 85.3 cm³/mol. The van der Waals surface area contributed by atoms with E-state index in [4.69, 9.17) is 21.1 Å². The zero-order valence-corrected chi connectivity index (χ0v) is 12.9. The summed E-state index contributed by atoms with van der Waals surface area (Å²) < 4.78 is 11.4. The molecule has 2 nitrogen and oxygen atoms in total. The number of rotatable bonds is 7. The summed E-state index contributed by atoms with van der Waals surface area (Å²) in [5.74, 6) is 2.51. The van der Waals surface area contributed by atoms with Gasteiger partial charge in [-0.25, -0.2) is 0 Å². The van der Waals surface area contributed by atoms with Gasteiger partial charge in [-0.05, 0) is 48.7 Å². The van der Waals surface area contributed by atoms with Gasteiger partial charge in [-0.1, -0.05) is 19.1 Å². The number of halogens is 1. The van der Waals surface area contributed by atoms with Crippen LogP contribution in [0.25, 0.3) is 10.8 Å². The van der Waals surface area contributed by atoms with Crippen LogP contribution in [0.5, 0.6) is 11.5 Å². The van der Waals surface area contributed by atoms with Crippen molar-refractivity contribution in [2.24, 2.45) is 0 Å². The van der Waals surface area contributed by atoms with E-state index in [9.17, 15) is 0 Å². The summed E-state index contributed by atoms with van der Waals surface area (Å²) in [7, 11) is 0. The maximum Gasteiger partial charge on any atom is 0.123 e. The molecule has 0 N–H and O–H groups in total. The Morgan fingerprint density at radius 3 is 2.60 bits per heavy atom. The summed E-state index contributed by atoms with van der Waals surface area (Å²) in [6.07, 6.45) is 1.81. The van der Waals surface area contributed by atoms with Gasteiger partial charge in [0, 0.05) is 11.4 Å². The largest absolute Gasteiger partial charge is 0.494 e. The van der Waals surface area contributed by atoms with Gasteiger partial charge in [0.1, 0.15) is 11.5 Å². The molecule has 0 bridgehead atoms. The summed E-state index contributed by atoms with van der Waals surface area (Å²) >= 11 is 5.69. The van der Waals surface area contributed by atoms with Crippen LogP contribution in [-0.4, -0.2) is 19.1 Å². The molecule has 20 heavy (non-hydrogen) atoms. The minimum absolute atomic E-state index is 0.632. The summed E-state index contributed by atoms with van der Waals surface area (Å²) in [4.78, 5) is 0. The first-order valence-corrected chi connectivity index (χ1v) is 7.70. The zero-order valence-electron chi connectivity index (χ0n) is 12.1. The van der Waals surface area contributed by atoms with E-state index >= 15 is 0 Å². The van der Waals surface area contributed by atoms with E-state index in [1.54, 1.807) is 0 Å². The number of benzene rings is 2. The van der Waals surface area contributed by atoms with Gasteiger partial charge < -0.3 is 9.47 Å². The molecule has 2 aromatic carbocycles. The Morgan fingerprint density at radius 2 is 1.90 bits per heavy atom. The van der Waals surface area contributed by atoms with Crippen LogP contribution in [0.15, 0.2) is 30.3 Å². The minimum atomic E-state index is 0.632. The highest BCUT2D eigenvalue weighted by molar-refractivity contribution is 6.17. The highest BCUT2D eigenvalue weighted by atomic mass is 35.5. The topological polar surface area (TPSA) is 18.5 Å². The van der Waals surface area contributed by atoms with Crippen LogP contribution < -0.4 is 9.47 Å². The van der Waals surface area contributed by atoms with E-state index in [1.807, 2.05) is 19.1 Å². The monoisotopic (exact) mass is 292 g/mol. The van der Waals surface area contributed by atoms with Gasteiger partial charge >= 0.3 is 0 Å². The second-order valence-electron chi connectivity index (χ2n) is 4.60. The summed E-state index contributed by atoms with van der Waals surface area (Å²) in [5, 5.41) is 2.43. The standard InChI is InChI=1S/C17H21ClO2/c1-3-15-16-8-7-14(19-4-2)12-13(16)6-9-17(15)20-11-5-10-18/h6-9,12H,3-5,10-11H2,1-2H3. The molecule has 0 radical (unpaired) electrons. The third-order valence-electron chi connectivity index (χ3n) is 3.26. The number of hydrogen-bond donors (Lipinski definition) is 0. The van der Waals surface area contributed by atoms with Crippen molar-refractivity contribution in [3.05, 3.63) is 35.9 Å². The molecular formula is C17H21ClO2. The molecule has 2 rings (SSSR count). The Labute approximate surface area is 125 Å². The van der Waals surface area contributed by atoms with Gasteiger partial charge in [0.2, 0.25) is 0 Å². The SMILES string of the molecule is CCOc1ccc2c(CC)c(OCCCCl)ccc2c1. The van der Waals surface area contributed by atoms with Crippen LogP contribution in [0.3, 0.4) is 0 Å². The maximum absolute atomic E-state index is 5.84. The molecule has 0 heterocycles. The smallest absolute Gasteiger partial charge is 0.123 e. The Morgan fingerprint density at radius 1 is 1.05 bits per heavy atom. The molecule has 108 valence electrons. The van der Waals surface area contributed by atoms with Crippen molar-refractivity contribution < 1.29 is 9.47 Å². The molecule has 0 saturated carbocycles. The third kappa shape index (κ3) is 3.37. The van der Waals surface area contributed by atoms with Crippen molar-refractivity contribution >= 4 is 22.4 Å². The van der Waals surface area contributed by atoms with Crippen molar-refractivity contribution in [3.63, 3.8) is 0 Å². The Kier molecular flexibility index (Phi) is 5.54. The van der Waals surface area contributed by atoms with Crippen LogP contribution in [0.2, 0.25) is 0 Å². The lowest BCUT2D eigenvalue weighted by Gasteiger charge is -2.13. The summed E-state index contributed by atoms with van der Waals surface area (Å²) in [6.45, 7) is 5.50. The van der Waals surface area contributed by atoms with Gasteiger partial charge in [-0.15, -0.1) is 11.6 Å². The maximum atomic E-state index is 5.84. The number of ether oxygens (including phenoxy) is 2. The molecule has 0 amide bonds. The van der Waals surface area contributed by atoms with Crippen LogP contribution in [0.4, 0.5) is 0 Å². The van der Waals surface area contributed by atoms with Gasteiger partial charge in [-0.3, -0.25) is 0 Å². The molecule has 0 unspecified atom stereocenters.